The predicted molar refractivity (Wildman–Crippen MR) is 115 cm³/mol. The van der Waals surface area contributed by atoms with Crippen molar-refractivity contribution in [1.29, 1.82) is 0 Å². The molecule has 0 unspecified atom stereocenters. The van der Waals surface area contributed by atoms with Crippen LogP contribution in [0.15, 0.2) is 42.0 Å². The van der Waals surface area contributed by atoms with Crippen LogP contribution >= 0.6 is 11.3 Å². The molecule has 1 aromatic carbocycles. The van der Waals surface area contributed by atoms with E-state index < -0.39 is 0 Å². The van der Waals surface area contributed by atoms with E-state index in [9.17, 15) is 0 Å². The van der Waals surface area contributed by atoms with Crippen molar-refractivity contribution in [1.82, 2.24) is 24.9 Å². The standard InChI is InChI=1S/C22H27N5O2S/c1-28-18-5-3-4-15(8-18)19-13-27(25-24-19)20-9-16-11-26(14-22-23-6-7-30-22)12-17(16)10-21(20)29-2/h3-8,13,16-17,20-21H,9-12,14H2,1-2H3/t16-,17+,20-,21-/m1/s1. The molecule has 0 bridgehead atoms. The Morgan fingerprint density at radius 1 is 1.17 bits per heavy atom. The first kappa shape index (κ1) is 19.7. The summed E-state index contributed by atoms with van der Waals surface area (Å²) in [4.78, 5) is 7.00. The van der Waals surface area contributed by atoms with Gasteiger partial charge in [0.15, 0.2) is 0 Å². The molecule has 30 heavy (non-hydrogen) atoms. The minimum atomic E-state index is 0.158. The van der Waals surface area contributed by atoms with E-state index in [1.807, 2.05) is 48.5 Å². The molecule has 4 atom stereocenters. The average Bonchev–Trinajstić information content (AvgIpc) is 3.53. The van der Waals surface area contributed by atoms with E-state index in [2.05, 4.69) is 25.6 Å². The topological polar surface area (TPSA) is 65.3 Å². The minimum Gasteiger partial charge on any atom is -0.497 e. The smallest absolute Gasteiger partial charge is 0.119 e. The van der Waals surface area contributed by atoms with E-state index in [0.29, 0.717) is 11.8 Å². The van der Waals surface area contributed by atoms with Crippen molar-refractivity contribution in [2.24, 2.45) is 11.8 Å². The highest BCUT2D eigenvalue weighted by Crippen LogP contribution is 2.42. The van der Waals surface area contributed by atoms with Crippen LogP contribution in [-0.2, 0) is 11.3 Å². The summed E-state index contributed by atoms with van der Waals surface area (Å²) in [5.41, 5.74) is 1.88. The van der Waals surface area contributed by atoms with Crippen LogP contribution in [0.2, 0.25) is 0 Å². The van der Waals surface area contributed by atoms with Crippen LogP contribution < -0.4 is 4.74 Å². The lowest BCUT2D eigenvalue weighted by atomic mass is 9.77. The van der Waals surface area contributed by atoms with Gasteiger partial charge in [-0.3, -0.25) is 4.90 Å². The van der Waals surface area contributed by atoms with Crippen molar-refractivity contribution in [3.63, 3.8) is 0 Å². The van der Waals surface area contributed by atoms with Crippen molar-refractivity contribution >= 4 is 11.3 Å². The molecular weight excluding hydrogens is 398 g/mol. The van der Waals surface area contributed by atoms with Crippen molar-refractivity contribution in [3.05, 3.63) is 47.0 Å². The highest BCUT2D eigenvalue weighted by molar-refractivity contribution is 7.09. The third kappa shape index (κ3) is 3.87. The van der Waals surface area contributed by atoms with Gasteiger partial charge in [0.2, 0.25) is 0 Å². The van der Waals surface area contributed by atoms with Gasteiger partial charge in [0.05, 0.1) is 32.0 Å². The van der Waals surface area contributed by atoms with E-state index in [0.717, 1.165) is 49.5 Å². The molecule has 2 aromatic heterocycles. The zero-order valence-corrected chi connectivity index (χ0v) is 18.2. The van der Waals surface area contributed by atoms with Gasteiger partial charge in [0, 0.05) is 37.3 Å². The summed E-state index contributed by atoms with van der Waals surface area (Å²) in [7, 11) is 3.50. The van der Waals surface area contributed by atoms with Gasteiger partial charge in [-0.1, -0.05) is 17.3 Å². The number of rotatable bonds is 6. The largest absolute Gasteiger partial charge is 0.497 e. The summed E-state index contributed by atoms with van der Waals surface area (Å²) in [6.07, 6.45) is 6.23. The first-order chi connectivity index (χ1) is 14.7. The van der Waals surface area contributed by atoms with Gasteiger partial charge in [0.1, 0.15) is 16.5 Å². The lowest BCUT2D eigenvalue weighted by molar-refractivity contribution is -0.00545. The molecule has 7 nitrogen and oxygen atoms in total. The first-order valence-corrected chi connectivity index (χ1v) is 11.3. The molecule has 3 heterocycles. The molecule has 1 saturated carbocycles. The Morgan fingerprint density at radius 3 is 2.80 bits per heavy atom. The second-order valence-electron chi connectivity index (χ2n) is 8.27. The molecule has 1 aliphatic carbocycles. The minimum absolute atomic E-state index is 0.158. The summed E-state index contributed by atoms with van der Waals surface area (Å²) in [5, 5.41) is 12.2. The molecule has 158 valence electrons. The number of methoxy groups -OCH3 is 2. The number of hydrogen-bond donors (Lipinski definition) is 0. The fourth-order valence-electron chi connectivity index (χ4n) is 5.02. The molecule has 3 aromatic rings. The average molecular weight is 426 g/mol. The number of ether oxygens (including phenoxy) is 2. The van der Waals surface area contributed by atoms with Crippen LogP contribution in [0.25, 0.3) is 11.3 Å². The molecule has 2 aliphatic rings. The van der Waals surface area contributed by atoms with Crippen LogP contribution in [0.5, 0.6) is 5.75 Å². The summed E-state index contributed by atoms with van der Waals surface area (Å²) in [6.45, 7) is 3.20. The lowest BCUT2D eigenvalue weighted by Gasteiger charge is -2.37. The highest BCUT2D eigenvalue weighted by Gasteiger charge is 2.43. The predicted octanol–water partition coefficient (Wildman–Crippen LogP) is 3.51. The zero-order chi connectivity index (χ0) is 20.5. The molecule has 0 amide bonds. The molecule has 0 spiro atoms. The second-order valence-corrected chi connectivity index (χ2v) is 9.25. The number of likely N-dealkylation sites (tertiary alicyclic amines) is 1. The monoisotopic (exact) mass is 425 g/mol. The number of thiazole rings is 1. The van der Waals surface area contributed by atoms with E-state index in [4.69, 9.17) is 9.47 Å². The fourth-order valence-corrected chi connectivity index (χ4v) is 5.68. The molecule has 1 saturated heterocycles. The van der Waals surface area contributed by atoms with Gasteiger partial charge < -0.3 is 9.47 Å². The van der Waals surface area contributed by atoms with Crippen molar-refractivity contribution in [2.75, 3.05) is 27.3 Å². The summed E-state index contributed by atoms with van der Waals surface area (Å²) in [6, 6.07) is 8.16. The van der Waals surface area contributed by atoms with Gasteiger partial charge in [-0.15, -0.1) is 16.4 Å². The maximum atomic E-state index is 5.92. The van der Waals surface area contributed by atoms with E-state index in [-0.39, 0.29) is 12.1 Å². The second kappa shape index (κ2) is 8.45. The molecule has 8 heteroatoms. The van der Waals surface area contributed by atoms with Crippen molar-refractivity contribution in [2.45, 2.75) is 31.5 Å². The van der Waals surface area contributed by atoms with Crippen molar-refractivity contribution < 1.29 is 9.47 Å². The van der Waals surface area contributed by atoms with Crippen LogP contribution in [0.3, 0.4) is 0 Å². The Bertz CT molecular complexity index is 976. The maximum Gasteiger partial charge on any atom is 0.119 e. The lowest BCUT2D eigenvalue weighted by Crippen LogP contribution is -2.37. The van der Waals surface area contributed by atoms with Crippen LogP contribution in [0, 0.1) is 11.8 Å². The maximum absolute atomic E-state index is 5.92. The Morgan fingerprint density at radius 2 is 2.03 bits per heavy atom. The Labute approximate surface area is 180 Å². The third-order valence-corrected chi connectivity index (χ3v) is 7.29. The van der Waals surface area contributed by atoms with Gasteiger partial charge in [-0.05, 0) is 36.8 Å². The van der Waals surface area contributed by atoms with E-state index in [1.54, 1.807) is 18.4 Å². The van der Waals surface area contributed by atoms with Gasteiger partial charge >= 0.3 is 0 Å². The quantitative estimate of drug-likeness (QED) is 0.602. The Balaban J connectivity index is 1.32. The SMILES string of the molecule is COc1cccc(-c2cn([C@@H]3C[C@@H]4CN(Cc5nccs5)C[C@@H]4C[C@H]3OC)nn2)c1. The number of hydrogen-bond acceptors (Lipinski definition) is 7. The van der Waals surface area contributed by atoms with Gasteiger partial charge in [-0.2, -0.15) is 0 Å². The molecule has 1 aliphatic heterocycles. The molecule has 0 radical (unpaired) electrons. The summed E-state index contributed by atoms with van der Waals surface area (Å²) >= 11 is 1.74. The fraction of sp³-hybridized carbons (Fsp3) is 0.500. The summed E-state index contributed by atoms with van der Waals surface area (Å²) < 4.78 is 13.3. The van der Waals surface area contributed by atoms with E-state index in [1.165, 1.54) is 5.01 Å². The number of nitrogens with zero attached hydrogens (tertiary/aromatic N) is 5. The number of aromatic nitrogens is 4. The Hall–Kier alpha value is -2.29. The molecule has 5 rings (SSSR count). The van der Waals surface area contributed by atoms with Gasteiger partial charge in [-0.25, -0.2) is 9.67 Å². The van der Waals surface area contributed by atoms with Crippen LogP contribution in [-0.4, -0.2) is 58.3 Å². The van der Waals surface area contributed by atoms with Crippen LogP contribution in [0.4, 0.5) is 0 Å². The van der Waals surface area contributed by atoms with E-state index >= 15 is 0 Å². The molecular formula is C22H27N5O2S. The third-order valence-electron chi connectivity index (χ3n) is 6.52. The number of benzene rings is 1. The summed E-state index contributed by atoms with van der Waals surface area (Å²) in [5.74, 6) is 2.15. The highest BCUT2D eigenvalue weighted by atomic mass is 32.1. The normalized spacial score (nSPS) is 26.6. The zero-order valence-electron chi connectivity index (χ0n) is 17.3. The van der Waals surface area contributed by atoms with Gasteiger partial charge in [0.25, 0.3) is 0 Å². The first-order valence-electron chi connectivity index (χ1n) is 10.4. The molecule has 2 fully saturated rings. The molecule has 0 N–H and O–H groups in total. The van der Waals surface area contributed by atoms with Crippen LogP contribution in [0.1, 0.15) is 23.9 Å². The Kier molecular flexibility index (Phi) is 5.54. The number of fused-ring (bicyclic) bond motifs is 1. The van der Waals surface area contributed by atoms with Crippen molar-refractivity contribution in [3.8, 4) is 17.0 Å².